The Hall–Kier alpha value is -2.66. The van der Waals surface area contributed by atoms with E-state index in [2.05, 4.69) is 33.4 Å². The maximum Gasteiger partial charge on any atom is 0.211 e. The van der Waals surface area contributed by atoms with Crippen LogP contribution in [0.5, 0.6) is 0 Å². The highest BCUT2D eigenvalue weighted by molar-refractivity contribution is 5.48. The third-order valence-corrected chi connectivity index (χ3v) is 2.64. The predicted octanol–water partition coefficient (Wildman–Crippen LogP) is 2.22. The Morgan fingerprint density at radius 1 is 0.889 bits per heavy atom. The largest absolute Gasteiger partial charge is 0.248 e. The highest BCUT2D eigenvalue weighted by Crippen LogP contribution is 2.01. The van der Waals surface area contributed by atoms with Crippen molar-refractivity contribution >= 4 is 5.52 Å². The Balaban J connectivity index is 1.99. The van der Waals surface area contributed by atoms with E-state index in [4.69, 9.17) is 0 Å². The van der Waals surface area contributed by atoms with Gasteiger partial charge in [-0.2, -0.15) is 4.40 Å². The quantitative estimate of drug-likeness (QED) is 0.428. The van der Waals surface area contributed by atoms with Gasteiger partial charge in [-0.15, -0.1) is 0 Å². The molecule has 0 aromatic carbocycles. The fraction of sp³-hybridized carbons (Fsp3) is 0. The highest BCUT2D eigenvalue weighted by Gasteiger charge is 1.99. The maximum absolute atomic E-state index is 4.18. The van der Waals surface area contributed by atoms with Gasteiger partial charge in [0.1, 0.15) is 5.69 Å². The lowest BCUT2D eigenvalue weighted by atomic mass is 10.2. The van der Waals surface area contributed by atoms with Crippen LogP contribution in [-0.4, -0.2) is 4.98 Å². The molecule has 0 saturated heterocycles. The lowest BCUT2D eigenvalue weighted by molar-refractivity contribution is -0.512. The van der Waals surface area contributed by atoms with Gasteiger partial charge in [0, 0.05) is 36.0 Å². The van der Waals surface area contributed by atoms with Crippen molar-refractivity contribution in [3.63, 3.8) is 0 Å². The average Bonchev–Trinajstić information content (AvgIpc) is 2.46. The van der Waals surface area contributed by atoms with Gasteiger partial charge < -0.3 is 0 Å². The van der Waals surface area contributed by atoms with Crippen LogP contribution in [0.25, 0.3) is 5.52 Å². The van der Waals surface area contributed by atoms with Gasteiger partial charge in [0.15, 0.2) is 12.4 Å². The number of pyridine rings is 3. The topological polar surface area (TPSA) is 17.0 Å². The molecule has 2 nitrogen and oxygen atoms in total. The fourth-order valence-electron chi connectivity index (χ4n) is 1.75. The smallest absolute Gasteiger partial charge is 0.211 e. The van der Waals surface area contributed by atoms with Crippen LogP contribution in [0, 0.1) is 11.8 Å². The zero-order valence-electron chi connectivity index (χ0n) is 9.75. The third-order valence-electron chi connectivity index (χ3n) is 2.64. The standard InChI is InChI=1S/C16H11N2/c1-3-10-17-15(5-1)8-7-14-9-12-18-11-4-2-6-16(18)13-14/h1-6,9-13H/q+1. The van der Waals surface area contributed by atoms with Gasteiger partial charge in [-0.1, -0.05) is 12.0 Å². The Morgan fingerprint density at radius 2 is 1.83 bits per heavy atom. The molecule has 0 radical (unpaired) electrons. The van der Waals surface area contributed by atoms with Gasteiger partial charge in [-0.05, 0) is 24.1 Å². The van der Waals surface area contributed by atoms with Crippen molar-refractivity contribution < 1.29 is 4.40 Å². The maximum atomic E-state index is 4.18. The first-order chi connectivity index (χ1) is 8.92. The summed E-state index contributed by atoms with van der Waals surface area (Å²) in [6, 6.07) is 15.9. The van der Waals surface area contributed by atoms with E-state index in [-0.39, 0.29) is 0 Å². The Morgan fingerprint density at radius 3 is 2.72 bits per heavy atom. The van der Waals surface area contributed by atoms with E-state index in [1.54, 1.807) is 6.20 Å². The summed E-state index contributed by atoms with van der Waals surface area (Å²) in [7, 11) is 0. The van der Waals surface area contributed by atoms with Gasteiger partial charge in [0.25, 0.3) is 0 Å². The monoisotopic (exact) mass is 231 g/mol. The molecule has 0 aliphatic carbocycles. The minimum atomic E-state index is 0.790. The van der Waals surface area contributed by atoms with E-state index in [1.807, 2.05) is 48.8 Å². The van der Waals surface area contributed by atoms with Gasteiger partial charge in [-0.3, -0.25) is 0 Å². The van der Waals surface area contributed by atoms with Crippen LogP contribution >= 0.6 is 0 Å². The second-order valence-electron chi connectivity index (χ2n) is 3.91. The number of fused-ring (bicyclic) bond motifs is 1. The molecule has 2 heteroatoms. The molecular formula is C16H11N2+. The number of rotatable bonds is 0. The lowest BCUT2D eigenvalue weighted by Gasteiger charge is -1.91. The molecule has 3 aromatic rings. The van der Waals surface area contributed by atoms with Gasteiger partial charge >= 0.3 is 0 Å². The van der Waals surface area contributed by atoms with Crippen molar-refractivity contribution in [1.82, 2.24) is 4.98 Å². The lowest BCUT2D eigenvalue weighted by Crippen LogP contribution is -2.19. The van der Waals surface area contributed by atoms with Crippen LogP contribution in [0.4, 0.5) is 0 Å². The molecule has 3 heterocycles. The molecule has 0 aliphatic rings. The average molecular weight is 231 g/mol. The molecule has 18 heavy (non-hydrogen) atoms. The third kappa shape index (κ3) is 2.21. The first kappa shape index (κ1) is 10.5. The van der Waals surface area contributed by atoms with Crippen LogP contribution in [-0.2, 0) is 0 Å². The highest BCUT2D eigenvalue weighted by atomic mass is 14.8. The fourth-order valence-corrected chi connectivity index (χ4v) is 1.75. The van der Waals surface area contributed by atoms with E-state index in [1.165, 1.54) is 0 Å². The van der Waals surface area contributed by atoms with Crippen LogP contribution in [0.2, 0.25) is 0 Å². The van der Waals surface area contributed by atoms with Crippen molar-refractivity contribution in [2.24, 2.45) is 0 Å². The molecule has 0 N–H and O–H groups in total. The molecule has 0 bridgehead atoms. The van der Waals surface area contributed by atoms with Crippen LogP contribution in [0.1, 0.15) is 11.3 Å². The minimum absolute atomic E-state index is 0.790. The van der Waals surface area contributed by atoms with Crippen molar-refractivity contribution in [3.05, 3.63) is 78.4 Å². The van der Waals surface area contributed by atoms with E-state index in [9.17, 15) is 0 Å². The SMILES string of the molecule is C(#Cc1ccccn1)c1cc[n+]2ccccc2c1. The summed E-state index contributed by atoms with van der Waals surface area (Å²) in [5.74, 6) is 6.18. The van der Waals surface area contributed by atoms with Gasteiger partial charge in [-0.25, -0.2) is 4.98 Å². The minimum Gasteiger partial charge on any atom is -0.248 e. The Bertz CT molecular complexity index is 737. The molecule has 0 spiro atoms. The normalized spacial score (nSPS) is 9.78. The molecule has 0 atom stereocenters. The van der Waals surface area contributed by atoms with Crippen molar-refractivity contribution in [1.29, 1.82) is 0 Å². The first-order valence-corrected chi connectivity index (χ1v) is 5.75. The molecule has 0 unspecified atom stereocenters. The van der Waals surface area contributed by atoms with Crippen LogP contribution in [0.15, 0.2) is 67.1 Å². The van der Waals surface area contributed by atoms with E-state index >= 15 is 0 Å². The summed E-state index contributed by atoms with van der Waals surface area (Å²) < 4.78 is 2.06. The Labute approximate surface area is 106 Å². The molecule has 0 aliphatic heterocycles. The van der Waals surface area contributed by atoms with Crippen molar-refractivity contribution in [2.75, 3.05) is 0 Å². The molecular weight excluding hydrogens is 220 g/mol. The summed E-state index contributed by atoms with van der Waals surface area (Å²) in [6.07, 6.45) is 5.78. The van der Waals surface area contributed by atoms with E-state index < -0.39 is 0 Å². The molecule has 0 saturated carbocycles. The van der Waals surface area contributed by atoms with Crippen LogP contribution in [0.3, 0.4) is 0 Å². The summed E-state index contributed by atoms with van der Waals surface area (Å²) in [4.78, 5) is 4.18. The molecule has 3 rings (SSSR count). The number of aromatic nitrogens is 2. The van der Waals surface area contributed by atoms with Gasteiger partial charge in [0.2, 0.25) is 5.52 Å². The number of hydrogen-bond donors (Lipinski definition) is 0. The number of hydrogen-bond acceptors (Lipinski definition) is 1. The van der Waals surface area contributed by atoms with E-state index in [0.29, 0.717) is 0 Å². The summed E-state index contributed by atoms with van der Waals surface area (Å²) in [6.45, 7) is 0. The molecule has 3 aromatic heterocycles. The van der Waals surface area contributed by atoms with Gasteiger partial charge in [0.05, 0.1) is 0 Å². The van der Waals surface area contributed by atoms with Crippen molar-refractivity contribution in [3.8, 4) is 11.8 Å². The van der Waals surface area contributed by atoms with Crippen LogP contribution < -0.4 is 4.40 Å². The Kier molecular flexibility index (Phi) is 2.73. The summed E-state index contributed by atoms with van der Waals surface area (Å²) in [5.41, 5.74) is 2.91. The zero-order chi connectivity index (χ0) is 12.2. The molecule has 0 fully saturated rings. The van der Waals surface area contributed by atoms with Crippen molar-refractivity contribution in [2.45, 2.75) is 0 Å². The molecule has 84 valence electrons. The summed E-state index contributed by atoms with van der Waals surface area (Å²) in [5, 5.41) is 0. The summed E-state index contributed by atoms with van der Waals surface area (Å²) >= 11 is 0. The predicted molar refractivity (Wildman–Crippen MR) is 69.8 cm³/mol. The molecule has 0 amide bonds. The zero-order valence-corrected chi connectivity index (χ0v) is 9.75. The first-order valence-electron chi connectivity index (χ1n) is 5.75. The van der Waals surface area contributed by atoms with E-state index in [0.717, 1.165) is 16.8 Å². The second-order valence-corrected chi connectivity index (χ2v) is 3.91. The second kappa shape index (κ2) is 4.68. The number of nitrogens with zero attached hydrogens (tertiary/aromatic N) is 2.